The van der Waals surface area contributed by atoms with Crippen LogP contribution in [-0.4, -0.2) is 35.3 Å². The van der Waals surface area contributed by atoms with E-state index in [-0.39, 0.29) is 16.9 Å². The smallest absolute Gasteiger partial charge is 0.268 e. The lowest BCUT2D eigenvalue weighted by atomic mass is 9.95. The van der Waals surface area contributed by atoms with Gasteiger partial charge < -0.3 is 10.2 Å². The van der Waals surface area contributed by atoms with E-state index < -0.39 is 0 Å². The highest BCUT2D eigenvalue weighted by molar-refractivity contribution is 5.91. The zero-order valence-corrected chi connectivity index (χ0v) is 15.0. The zero-order valence-electron chi connectivity index (χ0n) is 15.0. The Morgan fingerprint density at radius 1 is 1.31 bits per heavy atom. The lowest BCUT2D eigenvalue weighted by Gasteiger charge is -2.20. The van der Waals surface area contributed by atoms with Crippen LogP contribution in [0.15, 0.2) is 47.4 Å². The fourth-order valence-electron chi connectivity index (χ4n) is 3.80. The van der Waals surface area contributed by atoms with Crippen molar-refractivity contribution in [2.24, 2.45) is 13.0 Å². The summed E-state index contributed by atoms with van der Waals surface area (Å²) >= 11 is 0. The van der Waals surface area contributed by atoms with Gasteiger partial charge in [0.05, 0.1) is 17.3 Å². The molecule has 1 atom stereocenters. The molecule has 1 aromatic carbocycles. The van der Waals surface area contributed by atoms with Crippen molar-refractivity contribution in [2.75, 3.05) is 24.5 Å². The average molecular weight is 352 g/mol. The fourth-order valence-corrected chi connectivity index (χ4v) is 3.80. The van der Waals surface area contributed by atoms with E-state index in [2.05, 4.69) is 15.3 Å². The number of aryl methyl sites for hydroxylation is 1. The van der Waals surface area contributed by atoms with Crippen LogP contribution < -0.4 is 15.8 Å². The largest absolute Gasteiger partial charge is 0.370 e. The second-order valence-electron chi connectivity index (χ2n) is 7.43. The van der Waals surface area contributed by atoms with E-state index in [9.17, 15) is 9.59 Å². The molecule has 0 unspecified atom stereocenters. The van der Waals surface area contributed by atoms with Crippen molar-refractivity contribution in [2.45, 2.75) is 24.7 Å². The lowest BCUT2D eigenvalue weighted by Crippen LogP contribution is -2.38. The first-order valence-electron chi connectivity index (χ1n) is 9.21. The van der Waals surface area contributed by atoms with Gasteiger partial charge in [-0.1, -0.05) is 30.3 Å². The predicted octanol–water partition coefficient (Wildman–Crippen LogP) is 1.45. The van der Waals surface area contributed by atoms with Crippen LogP contribution in [0.2, 0.25) is 0 Å². The number of hydrogen-bond donors (Lipinski definition) is 1. The zero-order chi connectivity index (χ0) is 18.1. The Kier molecular flexibility index (Phi) is 4.26. The van der Waals surface area contributed by atoms with Crippen LogP contribution in [0, 0.1) is 5.92 Å². The first-order valence-corrected chi connectivity index (χ1v) is 9.21. The summed E-state index contributed by atoms with van der Waals surface area (Å²) < 4.78 is 1.33. The van der Waals surface area contributed by atoms with Crippen molar-refractivity contribution in [1.29, 1.82) is 0 Å². The molecule has 2 heterocycles. The molecule has 0 spiro atoms. The molecule has 1 saturated heterocycles. The summed E-state index contributed by atoms with van der Waals surface area (Å²) in [6.45, 7) is 2.41. The van der Waals surface area contributed by atoms with Crippen LogP contribution in [0.3, 0.4) is 0 Å². The summed E-state index contributed by atoms with van der Waals surface area (Å²) in [4.78, 5) is 26.7. The maximum absolute atomic E-state index is 12.7. The van der Waals surface area contributed by atoms with E-state index in [0.717, 1.165) is 43.6 Å². The first-order chi connectivity index (χ1) is 12.6. The molecule has 1 aliphatic carbocycles. The molecule has 26 heavy (non-hydrogen) atoms. The van der Waals surface area contributed by atoms with Gasteiger partial charge in [-0.15, -0.1) is 0 Å². The Bertz CT molecular complexity index is 858. The molecule has 2 aliphatic rings. The minimum Gasteiger partial charge on any atom is -0.370 e. The number of nitrogens with zero attached hydrogens (tertiary/aromatic N) is 3. The molecule has 2 aromatic rings. The van der Waals surface area contributed by atoms with Gasteiger partial charge in [-0.3, -0.25) is 9.59 Å². The normalized spacial score (nSPS) is 20.8. The Labute approximate surface area is 152 Å². The Balaban J connectivity index is 1.34. The van der Waals surface area contributed by atoms with E-state index >= 15 is 0 Å². The summed E-state index contributed by atoms with van der Waals surface area (Å²) in [7, 11) is 1.65. The average Bonchev–Trinajstić information content (AvgIpc) is 3.35. The minimum absolute atomic E-state index is 0.0993. The number of benzene rings is 1. The molecule has 136 valence electrons. The molecule has 6 heteroatoms. The van der Waals surface area contributed by atoms with Gasteiger partial charge in [0.25, 0.3) is 5.56 Å². The van der Waals surface area contributed by atoms with E-state index in [1.807, 2.05) is 30.3 Å². The number of carbonyl (C=O) groups is 1. The van der Waals surface area contributed by atoms with Crippen molar-refractivity contribution in [3.8, 4) is 0 Å². The summed E-state index contributed by atoms with van der Waals surface area (Å²) in [6.07, 6.45) is 4.60. The van der Waals surface area contributed by atoms with Gasteiger partial charge >= 0.3 is 0 Å². The Hall–Kier alpha value is -2.63. The highest BCUT2D eigenvalue weighted by Gasteiger charge is 2.51. The molecule has 0 bridgehead atoms. The maximum atomic E-state index is 12.7. The molecule has 1 aliphatic heterocycles. The highest BCUT2D eigenvalue weighted by Crippen LogP contribution is 2.48. The lowest BCUT2D eigenvalue weighted by molar-refractivity contribution is -0.123. The molecule has 2 fully saturated rings. The quantitative estimate of drug-likeness (QED) is 0.885. The minimum atomic E-state index is -0.310. The second-order valence-corrected chi connectivity index (χ2v) is 7.43. The molecular weight excluding hydrogens is 328 g/mol. The van der Waals surface area contributed by atoms with E-state index in [1.165, 1.54) is 4.68 Å². The number of rotatable bonds is 5. The van der Waals surface area contributed by atoms with Gasteiger partial charge in [0.2, 0.25) is 5.91 Å². The standard InChI is InChI=1S/C20H24N4O2/c1-23-18(25)11-17(13-22-23)24-10-7-15(14-24)12-21-19(26)20(8-9-20)16-5-3-2-4-6-16/h2-6,11,13,15H,7-10,12,14H2,1H3,(H,21,26)/t15-/m0/s1. The number of anilines is 1. The van der Waals surface area contributed by atoms with Gasteiger partial charge in [-0.2, -0.15) is 5.10 Å². The van der Waals surface area contributed by atoms with Gasteiger partial charge in [0, 0.05) is 32.7 Å². The topological polar surface area (TPSA) is 67.2 Å². The van der Waals surface area contributed by atoms with E-state index in [4.69, 9.17) is 0 Å². The summed E-state index contributed by atoms with van der Waals surface area (Å²) in [5, 5.41) is 7.26. The molecule has 1 saturated carbocycles. The fraction of sp³-hybridized carbons (Fsp3) is 0.450. The van der Waals surface area contributed by atoms with Crippen LogP contribution in [0.4, 0.5) is 5.69 Å². The van der Waals surface area contributed by atoms with Gasteiger partial charge in [0.1, 0.15) is 0 Å². The van der Waals surface area contributed by atoms with Crippen molar-refractivity contribution < 1.29 is 4.79 Å². The van der Waals surface area contributed by atoms with Crippen LogP contribution in [0.25, 0.3) is 0 Å². The molecule has 1 N–H and O–H groups in total. The molecule has 4 rings (SSSR count). The van der Waals surface area contributed by atoms with Crippen molar-refractivity contribution >= 4 is 11.6 Å². The van der Waals surface area contributed by atoms with Crippen molar-refractivity contribution in [3.63, 3.8) is 0 Å². The molecule has 6 nitrogen and oxygen atoms in total. The third-order valence-corrected chi connectivity index (χ3v) is 5.67. The Morgan fingerprint density at radius 2 is 2.08 bits per heavy atom. The molecule has 1 amide bonds. The number of amides is 1. The predicted molar refractivity (Wildman–Crippen MR) is 100 cm³/mol. The van der Waals surface area contributed by atoms with Crippen LogP contribution in [0.5, 0.6) is 0 Å². The molecule has 0 radical (unpaired) electrons. The molecular formula is C20H24N4O2. The number of carbonyl (C=O) groups excluding carboxylic acids is 1. The summed E-state index contributed by atoms with van der Waals surface area (Å²) in [5.74, 6) is 0.548. The third-order valence-electron chi connectivity index (χ3n) is 5.67. The number of aromatic nitrogens is 2. The van der Waals surface area contributed by atoms with Crippen molar-refractivity contribution in [1.82, 2.24) is 15.1 Å². The van der Waals surface area contributed by atoms with Crippen LogP contribution in [0.1, 0.15) is 24.8 Å². The summed E-state index contributed by atoms with van der Waals surface area (Å²) in [5.41, 5.74) is 1.58. The monoisotopic (exact) mass is 352 g/mol. The van der Waals surface area contributed by atoms with Crippen LogP contribution in [-0.2, 0) is 17.3 Å². The highest BCUT2D eigenvalue weighted by atomic mass is 16.2. The van der Waals surface area contributed by atoms with Gasteiger partial charge in [0.15, 0.2) is 0 Å². The maximum Gasteiger partial charge on any atom is 0.268 e. The summed E-state index contributed by atoms with van der Waals surface area (Å²) in [6, 6.07) is 11.7. The van der Waals surface area contributed by atoms with E-state index in [0.29, 0.717) is 12.5 Å². The van der Waals surface area contributed by atoms with Gasteiger partial charge in [-0.05, 0) is 30.7 Å². The Morgan fingerprint density at radius 3 is 2.77 bits per heavy atom. The van der Waals surface area contributed by atoms with E-state index in [1.54, 1.807) is 19.3 Å². The number of hydrogen-bond acceptors (Lipinski definition) is 4. The SMILES string of the molecule is Cn1ncc(N2CC[C@@H](CNC(=O)C3(c4ccccc4)CC3)C2)cc1=O. The van der Waals surface area contributed by atoms with Gasteiger partial charge in [-0.25, -0.2) is 4.68 Å². The molecule has 1 aromatic heterocycles. The number of nitrogens with one attached hydrogen (secondary N) is 1. The third kappa shape index (κ3) is 3.11. The van der Waals surface area contributed by atoms with Crippen LogP contribution >= 0.6 is 0 Å². The van der Waals surface area contributed by atoms with Crippen molar-refractivity contribution in [3.05, 3.63) is 58.5 Å². The first kappa shape index (κ1) is 16.8. The second kappa shape index (κ2) is 6.59.